The molecule has 72 valence electrons. The third-order valence-corrected chi connectivity index (χ3v) is 2.74. The Hall–Kier alpha value is -0.320. The average Bonchev–Trinajstić information content (AvgIpc) is 2.62. The van der Waals surface area contributed by atoms with E-state index in [0.717, 1.165) is 36.5 Å². The maximum atomic E-state index is 5.80. The molecule has 0 spiro atoms. The van der Waals surface area contributed by atoms with Crippen LogP contribution in [0.15, 0.2) is 21.2 Å². The van der Waals surface area contributed by atoms with Crippen LogP contribution in [-0.2, 0) is 6.54 Å². The molecule has 0 radical (unpaired) electrons. The summed E-state index contributed by atoms with van der Waals surface area (Å²) >= 11 is 3.28. The second-order valence-corrected chi connectivity index (χ2v) is 4.27. The van der Waals surface area contributed by atoms with E-state index in [2.05, 4.69) is 20.8 Å². The first-order chi connectivity index (χ1) is 6.24. The van der Waals surface area contributed by atoms with Crippen LogP contribution < -0.4 is 5.73 Å². The fourth-order valence-electron chi connectivity index (χ4n) is 1.66. The van der Waals surface area contributed by atoms with Gasteiger partial charge < -0.3 is 10.2 Å². The van der Waals surface area contributed by atoms with Crippen molar-refractivity contribution >= 4 is 15.9 Å². The van der Waals surface area contributed by atoms with E-state index >= 15 is 0 Å². The van der Waals surface area contributed by atoms with Gasteiger partial charge in [0.25, 0.3) is 0 Å². The van der Waals surface area contributed by atoms with Crippen molar-refractivity contribution in [3.63, 3.8) is 0 Å². The number of hydrogen-bond acceptors (Lipinski definition) is 3. The number of nitrogens with two attached hydrogens (primary N) is 1. The van der Waals surface area contributed by atoms with Gasteiger partial charge in [0.1, 0.15) is 5.76 Å². The second-order valence-electron chi connectivity index (χ2n) is 3.49. The van der Waals surface area contributed by atoms with Crippen LogP contribution in [0.1, 0.15) is 12.2 Å². The van der Waals surface area contributed by atoms with Gasteiger partial charge in [-0.1, -0.05) is 0 Å². The fourth-order valence-corrected chi connectivity index (χ4v) is 2.00. The molecule has 0 amide bonds. The second kappa shape index (κ2) is 3.82. The molecule has 13 heavy (non-hydrogen) atoms. The van der Waals surface area contributed by atoms with E-state index in [0.29, 0.717) is 6.04 Å². The van der Waals surface area contributed by atoms with Gasteiger partial charge in [0.15, 0.2) is 4.67 Å². The maximum Gasteiger partial charge on any atom is 0.169 e. The van der Waals surface area contributed by atoms with Crippen LogP contribution in [0.5, 0.6) is 0 Å². The summed E-state index contributed by atoms with van der Waals surface area (Å²) in [7, 11) is 0. The Kier molecular flexibility index (Phi) is 2.71. The predicted octanol–water partition coefficient (Wildman–Crippen LogP) is 1.58. The Morgan fingerprint density at radius 2 is 2.46 bits per heavy atom. The molecule has 3 nitrogen and oxygen atoms in total. The van der Waals surface area contributed by atoms with E-state index in [9.17, 15) is 0 Å². The zero-order chi connectivity index (χ0) is 9.26. The van der Waals surface area contributed by atoms with Crippen molar-refractivity contribution in [2.75, 3.05) is 13.1 Å². The highest BCUT2D eigenvalue weighted by molar-refractivity contribution is 9.10. The zero-order valence-electron chi connectivity index (χ0n) is 7.37. The Balaban J connectivity index is 1.91. The first-order valence-corrected chi connectivity index (χ1v) is 5.25. The summed E-state index contributed by atoms with van der Waals surface area (Å²) in [4.78, 5) is 2.32. The molecule has 1 aliphatic rings. The van der Waals surface area contributed by atoms with Crippen molar-refractivity contribution in [1.82, 2.24) is 4.90 Å². The Labute approximate surface area is 86.0 Å². The van der Waals surface area contributed by atoms with Crippen LogP contribution in [-0.4, -0.2) is 24.0 Å². The minimum atomic E-state index is 0.346. The molecule has 4 heteroatoms. The number of nitrogens with zero attached hydrogens (tertiary/aromatic N) is 1. The van der Waals surface area contributed by atoms with E-state index in [-0.39, 0.29) is 0 Å². The molecule has 1 aliphatic heterocycles. The molecule has 1 aromatic rings. The minimum absolute atomic E-state index is 0.346. The van der Waals surface area contributed by atoms with Crippen molar-refractivity contribution in [2.24, 2.45) is 5.73 Å². The first-order valence-electron chi connectivity index (χ1n) is 4.46. The summed E-state index contributed by atoms with van der Waals surface area (Å²) in [6.07, 6.45) is 1.10. The lowest BCUT2D eigenvalue weighted by Gasteiger charge is -2.12. The standard InChI is InChI=1S/C9H13BrN2O/c10-9-2-1-8(13-9)6-12-4-3-7(11)5-12/h1-2,7H,3-6,11H2/t7-/m1/s1. The predicted molar refractivity (Wildman–Crippen MR) is 54.3 cm³/mol. The molecule has 0 saturated carbocycles. The molecule has 0 bridgehead atoms. The van der Waals surface area contributed by atoms with Gasteiger partial charge in [-0.25, -0.2) is 0 Å². The number of likely N-dealkylation sites (tertiary alicyclic amines) is 1. The molecule has 0 aliphatic carbocycles. The SMILES string of the molecule is N[C@@H]1CCN(Cc2ccc(Br)o2)C1. The van der Waals surface area contributed by atoms with E-state index in [1.54, 1.807) is 0 Å². The van der Waals surface area contributed by atoms with Crippen molar-refractivity contribution < 1.29 is 4.42 Å². The van der Waals surface area contributed by atoms with Gasteiger partial charge in [0, 0.05) is 19.1 Å². The molecule has 2 rings (SSSR count). The number of hydrogen-bond donors (Lipinski definition) is 1. The summed E-state index contributed by atoms with van der Waals surface area (Å²) in [5, 5.41) is 0. The van der Waals surface area contributed by atoms with Gasteiger partial charge >= 0.3 is 0 Å². The van der Waals surface area contributed by atoms with E-state index in [1.807, 2.05) is 12.1 Å². The van der Waals surface area contributed by atoms with Crippen LogP contribution in [0.2, 0.25) is 0 Å². The molecule has 1 saturated heterocycles. The van der Waals surface area contributed by atoms with Gasteiger partial charge in [-0.2, -0.15) is 0 Å². The lowest BCUT2D eigenvalue weighted by Crippen LogP contribution is -2.26. The number of halogens is 1. The van der Waals surface area contributed by atoms with Gasteiger partial charge in [0.2, 0.25) is 0 Å². The molecule has 1 aromatic heterocycles. The fraction of sp³-hybridized carbons (Fsp3) is 0.556. The summed E-state index contributed by atoms with van der Waals surface area (Å²) in [6, 6.07) is 4.26. The highest BCUT2D eigenvalue weighted by Gasteiger charge is 2.19. The van der Waals surface area contributed by atoms with Crippen LogP contribution in [0.3, 0.4) is 0 Å². The van der Waals surface area contributed by atoms with Crippen molar-refractivity contribution in [3.05, 3.63) is 22.6 Å². The summed E-state index contributed by atoms with van der Waals surface area (Å²) in [5.41, 5.74) is 5.80. The molecule has 1 fully saturated rings. The third-order valence-electron chi connectivity index (χ3n) is 2.32. The van der Waals surface area contributed by atoms with Crippen LogP contribution in [0, 0.1) is 0 Å². The van der Waals surface area contributed by atoms with Crippen molar-refractivity contribution in [2.45, 2.75) is 19.0 Å². The molecule has 1 atom stereocenters. The lowest BCUT2D eigenvalue weighted by molar-refractivity contribution is 0.291. The molecule has 0 unspecified atom stereocenters. The largest absolute Gasteiger partial charge is 0.453 e. The maximum absolute atomic E-state index is 5.80. The monoisotopic (exact) mass is 244 g/mol. The topological polar surface area (TPSA) is 42.4 Å². The highest BCUT2D eigenvalue weighted by Crippen LogP contribution is 2.17. The quantitative estimate of drug-likeness (QED) is 0.860. The van der Waals surface area contributed by atoms with E-state index in [4.69, 9.17) is 10.2 Å². The molecule has 0 aromatic carbocycles. The normalized spacial score (nSPS) is 24.0. The van der Waals surface area contributed by atoms with Gasteiger partial charge in [-0.3, -0.25) is 4.90 Å². The summed E-state index contributed by atoms with van der Waals surface area (Å²) in [6.45, 7) is 2.94. The first kappa shape index (κ1) is 9.24. The third kappa shape index (κ3) is 2.33. The Morgan fingerprint density at radius 3 is 3.00 bits per heavy atom. The van der Waals surface area contributed by atoms with Crippen LogP contribution in [0.25, 0.3) is 0 Å². The number of rotatable bonds is 2. The average molecular weight is 245 g/mol. The smallest absolute Gasteiger partial charge is 0.169 e. The molecule has 2 heterocycles. The Bertz CT molecular complexity index is 287. The highest BCUT2D eigenvalue weighted by atomic mass is 79.9. The van der Waals surface area contributed by atoms with Gasteiger partial charge in [0.05, 0.1) is 6.54 Å². The van der Waals surface area contributed by atoms with Crippen LogP contribution >= 0.6 is 15.9 Å². The zero-order valence-corrected chi connectivity index (χ0v) is 8.96. The van der Waals surface area contributed by atoms with Crippen molar-refractivity contribution in [1.29, 1.82) is 0 Å². The van der Waals surface area contributed by atoms with Gasteiger partial charge in [-0.05, 0) is 34.5 Å². The minimum Gasteiger partial charge on any atom is -0.453 e. The lowest BCUT2D eigenvalue weighted by atomic mass is 10.3. The summed E-state index contributed by atoms with van der Waals surface area (Å²) in [5.74, 6) is 1.00. The molecule has 2 N–H and O–H groups in total. The van der Waals surface area contributed by atoms with E-state index < -0.39 is 0 Å². The van der Waals surface area contributed by atoms with Crippen LogP contribution in [0.4, 0.5) is 0 Å². The van der Waals surface area contributed by atoms with Gasteiger partial charge in [-0.15, -0.1) is 0 Å². The Morgan fingerprint density at radius 1 is 1.62 bits per heavy atom. The molecular formula is C9H13BrN2O. The number of furan rings is 1. The summed E-state index contributed by atoms with van der Waals surface area (Å²) < 4.78 is 6.21. The molecular weight excluding hydrogens is 232 g/mol. The van der Waals surface area contributed by atoms with Crippen molar-refractivity contribution in [3.8, 4) is 0 Å². The van der Waals surface area contributed by atoms with E-state index in [1.165, 1.54) is 0 Å².